The molecule has 0 atom stereocenters. The van der Waals surface area contributed by atoms with Gasteiger partial charge in [-0.2, -0.15) is 0 Å². The number of alkyl halides is 1. The molecular weight excluding hydrogens is 244 g/mol. The van der Waals surface area contributed by atoms with Crippen LogP contribution in [0.5, 0.6) is 0 Å². The molecule has 0 aromatic rings. The average molecular weight is 275 g/mol. The van der Waals surface area contributed by atoms with Gasteiger partial charge in [0.05, 0.1) is 0 Å². The minimum Gasteiger partial charge on any atom is -0.382 e. The van der Waals surface area contributed by atoms with E-state index in [0.717, 1.165) is 25.0 Å². The molecule has 1 aliphatic carbocycles. The van der Waals surface area contributed by atoms with E-state index in [4.69, 9.17) is 16.3 Å². The third-order valence-electron chi connectivity index (χ3n) is 4.62. The van der Waals surface area contributed by atoms with Crippen molar-refractivity contribution in [3.05, 3.63) is 0 Å². The van der Waals surface area contributed by atoms with Crippen molar-refractivity contribution >= 4 is 11.6 Å². The summed E-state index contributed by atoms with van der Waals surface area (Å²) in [5.41, 5.74) is 0.432. The Kier molecular flexibility index (Phi) is 8.33. The first-order chi connectivity index (χ1) is 8.76. The lowest BCUT2D eigenvalue weighted by molar-refractivity contribution is 0.108. The highest BCUT2D eigenvalue weighted by Gasteiger charge is 2.33. The summed E-state index contributed by atoms with van der Waals surface area (Å²) in [5, 5.41) is 0. The fourth-order valence-electron chi connectivity index (χ4n) is 3.22. The van der Waals surface area contributed by atoms with E-state index in [0.29, 0.717) is 5.41 Å². The predicted octanol–water partition coefficient (Wildman–Crippen LogP) is 5.41. The molecule has 0 radical (unpaired) electrons. The van der Waals surface area contributed by atoms with Crippen LogP contribution in [0, 0.1) is 11.3 Å². The van der Waals surface area contributed by atoms with Crippen molar-refractivity contribution in [2.75, 3.05) is 19.1 Å². The smallest absolute Gasteiger partial charge is 0.0466 e. The van der Waals surface area contributed by atoms with E-state index in [-0.39, 0.29) is 0 Å². The molecule has 1 aliphatic rings. The Hall–Kier alpha value is 0.250. The molecule has 0 spiro atoms. The van der Waals surface area contributed by atoms with Gasteiger partial charge in [0, 0.05) is 19.1 Å². The van der Waals surface area contributed by atoms with E-state index in [1.54, 1.807) is 0 Å². The predicted molar refractivity (Wildman–Crippen MR) is 80.4 cm³/mol. The van der Waals surface area contributed by atoms with E-state index in [1.165, 1.54) is 57.8 Å². The summed E-state index contributed by atoms with van der Waals surface area (Å²) in [5.74, 6) is 1.83. The minimum atomic E-state index is 0.432. The second kappa shape index (κ2) is 9.20. The second-order valence-electron chi connectivity index (χ2n) is 6.02. The Morgan fingerprint density at radius 3 is 2.44 bits per heavy atom. The Bertz CT molecular complexity index is 197. The summed E-state index contributed by atoms with van der Waals surface area (Å²) < 4.78 is 5.45. The highest BCUT2D eigenvalue weighted by atomic mass is 35.5. The lowest BCUT2D eigenvalue weighted by atomic mass is 9.68. The van der Waals surface area contributed by atoms with E-state index in [1.807, 2.05) is 0 Å². The average Bonchev–Trinajstić information content (AvgIpc) is 2.43. The maximum atomic E-state index is 6.26. The van der Waals surface area contributed by atoms with Crippen LogP contribution in [0.25, 0.3) is 0 Å². The maximum Gasteiger partial charge on any atom is 0.0466 e. The van der Waals surface area contributed by atoms with Gasteiger partial charge >= 0.3 is 0 Å². The maximum absolute atomic E-state index is 6.26. The van der Waals surface area contributed by atoms with E-state index in [9.17, 15) is 0 Å². The monoisotopic (exact) mass is 274 g/mol. The standard InChI is InChI=1S/C16H31ClO/c1-3-5-7-15-8-11-16(14-17,12-9-15)10-6-13-18-4-2/h15H,3-14H2,1-2H3. The van der Waals surface area contributed by atoms with Gasteiger partial charge in [-0.25, -0.2) is 0 Å². The summed E-state index contributed by atoms with van der Waals surface area (Å²) in [4.78, 5) is 0. The van der Waals surface area contributed by atoms with E-state index >= 15 is 0 Å². The molecule has 0 saturated heterocycles. The van der Waals surface area contributed by atoms with Gasteiger partial charge in [-0.3, -0.25) is 0 Å². The number of hydrogen-bond acceptors (Lipinski definition) is 1. The number of ether oxygens (including phenoxy) is 1. The molecule has 1 saturated carbocycles. The zero-order chi connectivity index (χ0) is 13.3. The summed E-state index contributed by atoms with van der Waals surface area (Å²) in [7, 11) is 0. The van der Waals surface area contributed by atoms with Gasteiger partial charge in [-0.1, -0.05) is 26.2 Å². The van der Waals surface area contributed by atoms with Gasteiger partial charge in [0.15, 0.2) is 0 Å². The number of halogens is 1. The third-order valence-corrected chi connectivity index (χ3v) is 5.18. The van der Waals surface area contributed by atoms with Crippen LogP contribution in [-0.2, 0) is 4.74 Å². The highest BCUT2D eigenvalue weighted by Crippen LogP contribution is 2.44. The molecule has 1 rings (SSSR count). The fraction of sp³-hybridized carbons (Fsp3) is 1.00. The van der Waals surface area contributed by atoms with Crippen molar-refractivity contribution in [1.29, 1.82) is 0 Å². The number of unbranched alkanes of at least 4 members (excludes halogenated alkanes) is 1. The normalized spacial score (nSPS) is 28.5. The van der Waals surface area contributed by atoms with Crippen LogP contribution in [0.2, 0.25) is 0 Å². The summed E-state index contributed by atoms with van der Waals surface area (Å²) in [6.45, 7) is 6.11. The van der Waals surface area contributed by atoms with Crippen LogP contribution < -0.4 is 0 Å². The van der Waals surface area contributed by atoms with E-state index in [2.05, 4.69) is 13.8 Å². The molecule has 0 bridgehead atoms. The van der Waals surface area contributed by atoms with Gasteiger partial charge in [-0.15, -0.1) is 11.6 Å². The molecule has 0 aromatic carbocycles. The van der Waals surface area contributed by atoms with Gasteiger partial charge in [0.1, 0.15) is 0 Å². The third kappa shape index (κ3) is 5.48. The molecule has 18 heavy (non-hydrogen) atoms. The zero-order valence-corrected chi connectivity index (χ0v) is 13.1. The van der Waals surface area contributed by atoms with E-state index < -0.39 is 0 Å². The first kappa shape index (κ1) is 16.3. The Balaban J connectivity index is 2.26. The molecule has 108 valence electrons. The molecular formula is C16H31ClO. The molecule has 1 nitrogen and oxygen atoms in total. The van der Waals surface area contributed by atoms with Crippen LogP contribution in [-0.4, -0.2) is 19.1 Å². The van der Waals surface area contributed by atoms with Crippen molar-refractivity contribution in [2.24, 2.45) is 11.3 Å². The van der Waals surface area contributed by atoms with Crippen LogP contribution in [0.3, 0.4) is 0 Å². The van der Waals surface area contributed by atoms with Crippen LogP contribution in [0.1, 0.15) is 71.6 Å². The Morgan fingerprint density at radius 2 is 1.89 bits per heavy atom. The highest BCUT2D eigenvalue weighted by molar-refractivity contribution is 6.18. The van der Waals surface area contributed by atoms with Gasteiger partial charge < -0.3 is 4.74 Å². The van der Waals surface area contributed by atoms with Crippen molar-refractivity contribution in [1.82, 2.24) is 0 Å². The van der Waals surface area contributed by atoms with Crippen LogP contribution in [0.4, 0.5) is 0 Å². The molecule has 0 N–H and O–H groups in total. The number of rotatable bonds is 9. The van der Waals surface area contributed by atoms with Crippen molar-refractivity contribution in [3.8, 4) is 0 Å². The topological polar surface area (TPSA) is 9.23 Å². The SMILES string of the molecule is CCCCC1CCC(CCl)(CCCOCC)CC1. The number of hydrogen-bond donors (Lipinski definition) is 0. The molecule has 0 amide bonds. The first-order valence-corrected chi connectivity index (χ1v) is 8.43. The largest absolute Gasteiger partial charge is 0.382 e. The molecule has 1 fully saturated rings. The fourth-order valence-corrected chi connectivity index (χ4v) is 3.62. The van der Waals surface area contributed by atoms with Crippen molar-refractivity contribution in [2.45, 2.75) is 71.6 Å². The molecule has 0 aliphatic heterocycles. The van der Waals surface area contributed by atoms with Crippen molar-refractivity contribution < 1.29 is 4.74 Å². The zero-order valence-electron chi connectivity index (χ0n) is 12.3. The molecule has 2 heteroatoms. The Morgan fingerprint density at radius 1 is 1.17 bits per heavy atom. The molecule has 0 heterocycles. The quantitative estimate of drug-likeness (QED) is 0.404. The molecule has 0 aromatic heterocycles. The summed E-state index contributed by atoms with van der Waals surface area (Å²) in [6.07, 6.45) is 12.1. The van der Waals surface area contributed by atoms with Gasteiger partial charge in [-0.05, 0) is 56.8 Å². The molecule has 0 unspecified atom stereocenters. The van der Waals surface area contributed by atoms with Gasteiger partial charge in [0.25, 0.3) is 0 Å². The van der Waals surface area contributed by atoms with Crippen LogP contribution in [0.15, 0.2) is 0 Å². The van der Waals surface area contributed by atoms with Gasteiger partial charge in [0.2, 0.25) is 0 Å². The summed E-state index contributed by atoms with van der Waals surface area (Å²) in [6, 6.07) is 0. The second-order valence-corrected chi connectivity index (χ2v) is 6.29. The van der Waals surface area contributed by atoms with Crippen LogP contribution >= 0.6 is 11.6 Å². The summed E-state index contributed by atoms with van der Waals surface area (Å²) >= 11 is 6.26. The lowest BCUT2D eigenvalue weighted by Gasteiger charge is -2.39. The first-order valence-electron chi connectivity index (χ1n) is 7.90. The Labute approximate surface area is 119 Å². The van der Waals surface area contributed by atoms with Crippen molar-refractivity contribution in [3.63, 3.8) is 0 Å². The minimum absolute atomic E-state index is 0.432. The lowest BCUT2D eigenvalue weighted by Crippen LogP contribution is -2.29.